The first kappa shape index (κ1) is 17.0. The van der Waals surface area contributed by atoms with Gasteiger partial charge in [0.05, 0.1) is 0 Å². The number of rotatable bonds is 7. The molecule has 0 amide bonds. The van der Waals surface area contributed by atoms with Gasteiger partial charge in [0.2, 0.25) is 0 Å². The Morgan fingerprint density at radius 1 is 0.800 bits per heavy atom. The van der Waals surface area contributed by atoms with Crippen molar-refractivity contribution in [2.24, 2.45) is 5.73 Å². The number of hydrogen-bond donors (Lipinski definition) is 1. The SMILES string of the molecule is NC(=S)c1cccc(OCCOc2ccccc2-c2ccccc2)c1. The maximum Gasteiger partial charge on any atom is 0.127 e. The highest BCUT2D eigenvalue weighted by molar-refractivity contribution is 7.80. The Hall–Kier alpha value is -2.85. The summed E-state index contributed by atoms with van der Waals surface area (Å²) < 4.78 is 11.6. The summed E-state index contributed by atoms with van der Waals surface area (Å²) in [7, 11) is 0. The van der Waals surface area contributed by atoms with E-state index >= 15 is 0 Å². The van der Waals surface area contributed by atoms with E-state index in [2.05, 4.69) is 18.2 Å². The Morgan fingerprint density at radius 3 is 2.32 bits per heavy atom. The molecule has 0 aliphatic heterocycles. The number of para-hydroxylation sites is 1. The number of ether oxygens (including phenoxy) is 2. The summed E-state index contributed by atoms with van der Waals surface area (Å²) in [5.74, 6) is 1.57. The molecule has 0 saturated heterocycles. The standard InChI is InChI=1S/C21H19NO2S/c22-21(25)17-9-6-10-18(15-17)23-13-14-24-20-12-5-4-11-19(20)16-7-2-1-3-8-16/h1-12,15H,13-14H2,(H2,22,25). The zero-order chi connectivity index (χ0) is 17.5. The van der Waals surface area contributed by atoms with Crippen LogP contribution in [0.5, 0.6) is 11.5 Å². The second-order valence-electron chi connectivity index (χ2n) is 5.45. The van der Waals surface area contributed by atoms with Gasteiger partial charge < -0.3 is 15.2 Å². The van der Waals surface area contributed by atoms with Crippen molar-refractivity contribution in [2.45, 2.75) is 0 Å². The molecule has 0 spiro atoms. The molecule has 25 heavy (non-hydrogen) atoms. The van der Waals surface area contributed by atoms with E-state index in [1.165, 1.54) is 0 Å². The van der Waals surface area contributed by atoms with Crippen LogP contribution in [0.25, 0.3) is 11.1 Å². The average Bonchev–Trinajstić information content (AvgIpc) is 2.66. The van der Waals surface area contributed by atoms with Crippen LogP contribution in [0.4, 0.5) is 0 Å². The van der Waals surface area contributed by atoms with Crippen LogP contribution in [0.3, 0.4) is 0 Å². The van der Waals surface area contributed by atoms with Gasteiger partial charge in [0.15, 0.2) is 0 Å². The molecule has 3 rings (SSSR count). The van der Waals surface area contributed by atoms with Crippen LogP contribution in [-0.2, 0) is 0 Å². The average molecular weight is 349 g/mol. The Kier molecular flexibility index (Phi) is 5.65. The van der Waals surface area contributed by atoms with Crippen LogP contribution in [0.2, 0.25) is 0 Å². The van der Waals surface area contributed by atoms with Crippen molar-refractivity contribution in [1.29, 1.82) is 0 Å². The van der Waals surface area contributed by atoms with Gasteiger partial charge in [0, 0.05) is 11.1 Å². The van der Waals surface area contributed by atoms with E-state index in [0.29, 0.717) is 18.2 Å². The molecule has 2 N–H and O–H groups in total. The number of hydrogen-bond acceptors (Lipinski definition) is 3. The molecule has 126 valence electrons. The monoisotopic (exact) mass is 349 g/mol. The third kappa shape index (κ3) is 4.58. The summed E-state index contributed by atoms with van der Waals surface area (Å²) in [5.41, 5.74) is 8.63. The van der Waals surface area contributed by atoms with Crippen LogP contribution < -0.4 is 15.2 Å². The van der Waals surface area contributed by atoms with Crippen molar-refractivity contribution in [3.63, 3.8) is 0 Å². The summed E-state index contributed by atoms with van der Waals surface area (Å²) in [6.07, 6.45) is 0. The van der Waals surface area contributed by atoms with Crippen molar-refractivity contribution >= 4 is 17.2 Å². The summed E-state index contributed by atoms with van der Waals surface area (Å²) >= 11 is 4.98. The van der Waals surface area contributed by atoms with Crippen LogP contribution in [0.15, 0.2) is 78.9 Å². The van der Waals surface area contributed by atoms with Crippen LogP contribution in [-0.4, -0.2) is 18.2 Å². The minimum absolute atomic E-state index is 0.360. The second-order valence-corrected chi connectivity index (χ2v) is 5.89. The lowest BCUT2D eigenvalue weighted by Gasteiger charge is -2.12. The number of benzene rings is 3. The highest BCUT2D eigenvalue weighted by Gasteiger charge is 2.05. The van der Waals surface area contributed by atoms with Gasteiger partial charge in [-0.1, -0.05) is 72.9 Å². The van der Waals surface area contributed by atoms with Gasteiger partial charge in [-0.05, 0) is 23.8 Å². The van der Waals surface area contributed by atoms with Crippen molar-refractivity contribution in [2.75, 3.05) is 13.2 Å². The Morgan fingerprint density at radius 2 is 1.52 bits per heavy atom. The molecule has 3 aromatic rings. The molecule has 4 heteroatoms. The first-order valence-corrected chi connectivity index (χ1v) is 8.45. The molecule has 3 nitrogen and oxygen atoms in total. The highest BCUT2D eigenvalue weighted by Crippen LogP contribution is 2.29. The maximum atomic E-state index is 5.92. The number of thiocarbonyl (C=S) groups is 1. The molecule has 0 aliphatic rings. The molecule has 0 aromatic heterocycles. The fourth-order valence-corrected chi connectivity index (χ4v) is 2.63. The maximum absolute atomic E-state index is 5.92. The summed E-state index contributed by atoms with van der Waals surface area (Å²) in [6.45, 7) is 0.880. The molecule has 0 bridgehead atoms. The van der Waals surface area contributed by atoms with Gasteiger partial charge in [-0.3, -0.25) is 0 Å². The van der Waals surface area contributed by atoms with Gasteiger partial charge in [-0.2, -0.15) is 0 Å². The molecule has 0 radical (unpaired) electrons. The van der Waals surface area contributed by atoms with Crippen molar-refractivity contribution in [1.82, 2.24) is 0 Å². The zero-order valence-corrected chi connectivity index (χ0v) is 14.5. The minimum atomic E-state index is 0.360. The molecular weight excluding hydrogens is 330 g/mol. The van der Waals surface area contributed by atoms with E-state index in [1.807, 2.05) is 60.7 Å². The summed E-state index contributed by atoms with van der Waals surface area (Å²) in [5, 5.41) is 0. The second kappa shape index (κ2) is 8.31. The smallest absolute Gasteiger partial charge is 0.127 e. The molecule has 3 aromatic carbocycles. The Bertz CT molecular complexity index is 849. The molecular formula is C21H19NO2S. The normalized spacial score (nSPS) is 10.2. The highest BCUT2D eigenvalue weighted by atomic mass is 32.1. The lowest BCUT2D eigenvalue weighted by atomic mass is 10.1. The predicted octanol–water partition coefficient (Wildman–Crippen LogP) is 4.45. The first-order valence-electron chi connectivity index (χ1n) is 8.04. The van der Waals surface area contributed by atoms with E-state index in [0.717, 1.165) is 28.2 Å². The molecule has 0 heterocycles. The molecule has 0 unspecified atom stereocenters. The van der Waals surface area contributed by atoms with Gasteiger partial charge in [-0.25, -0.2) is 0 Å². The van der Waals surface area contributed by atoms with Gasteiger partial charge >= 0.3 is 0 Å². The largest absolute Gasteiger partial charge is 0.490 e. The molecule has 0 fully saturated rings. The minimum Gasteiger partial charge on any atom is -0.490 e. The third-order valence-corrected chi connectivity index (χ3v) is 3.94. The van der Waals surface area contributed by atoms with Crippen molar-refractivity contribution in [3.8, 4) is 22.6 Å². The summed E-state index contributed by atoms with van der Waals surface area (Å²) in [4.78, 5) is 0.360. The molecule has 0 saturated carbocycles. The van der Waals surface area contributed by atoms with Crippen molar-refractivity contribution in [3.05, 3.63) is 84.4 Å². The number of nitrogens with two attached hydrogens (primary N) is 1. The van der Waals surface area contributed by atoms with E-state index < -0.39 is 0 Å². The predicted molar refractivity (Wildman–Crippen MR) is 105 cm³/mol. The van der Waals surface area contributed by atoms with Crippen LogP contribution in [0, 0.1) is 0 Å². The van der Waals surface area contributed by atoms with Crippen LogP contribution >= 0.6 is 12.2 Å². The fraction of sp³-hybridized carbons (Fsp3) is 0.0952. The first-order chi connectivity index (χ1) is 12.2. The Labute approximate surface area is 153 Å². The van der Waals surface area contributed by atoms with Crippen LogP contribution in [0.1, 0.15) is 5.56 Å². The van der Waals surface area contributed by atoms with Gasteiger partial charge in [-0.15, -0.1) is 0 Å². The van der Waals surface area contributed by atoms with Crippen molar-refractivity contribution < 1.29 is 9.47 Å². The van der Waals surface area contributed by atoms with E-state index in [9.17, 15) is 0 Å². The summed E-state index contributed by atoms with van der Waals surface area (Å²) in [6, 6.07) is 25.6. The fourth-order valence-electron chi connectivity index (χ4n) is 2.50. The van der Waals surface area contributed by atoms with E-state index in [-0.39, 0.29) is 0 Å². The molecule has 0 atom stereocenters. The third-order valence-electron chi connectivity index (χ3n) is 3.70. The Balaban J connectivity index is 1.60. The quantitative estimate of drug-likeness (QED) is 0.506. The zero-order valence-electron chi connectivity index (χ0n) is 13.7. The van der Waals surface area contributed by atoms with E-state index in [1.54, 1.807) is 0 Å². The van der Waals surface area contributed by atoms with Gasteiger partial charge in [0.1, 0.15) is 29.7 Å². The lowest BCUT2D eigenvalue weighted by Crippen LogP contribution is -2.11. The molecule has 0 aliphatic carbocycles. The van der Waals surface area contributed by atoms with Gasteiger partial charge in [0.25, 0.3) is 0 Å². The topological polar surface area (TPSA) is 44.5 Å². The lowest BCUT2D eigenvalue weighted by molar-refractivity contribution is 0.217. The van der Waals surface area contributed by atoms with E-state index in [4.69, 9.17) is 27.4 Å².